The average molecular weight is 468 g/mol. The van der Waals surface area contributed by atoms with E-state index in [9.17, 15) is 18.8 Å². The van der Waals surface area contributed by atoms with Crippen molar-refractivity contribution in [1.29, 1.82) is 0 Å². The van der Waals surface area contributed by atoms with Crippen LogP contribution in [-0.4, -0.2) is 55.6 Å². The number of halogens is 1. The highest BCUT2D eigenvalue weighted by Crippen LogP contribution is 2.36. The van der Waals surface area contributed by atoms with Crippen LogP contribution in [0.5, 0.6) is 0 Å². The molecule has 1 aliphatic heterocycles. The first-order chi connectivity index (χ1) is 16.4. The summed E-state index contributed by atoms with van der Waals surface area (Å²) in [5.41, 5.74) is 1.31. The van der Waals surface area contributed by atoms with Crippen molar-refractivity contribution in [3.05, 3.63) is 57.5 Å². The van der Waals surface area contributed by atoms with Gasteiger partial charge in [-0.25, -0.2) is 9.37 Å². The number of hydrogen-bond acceptors (Lipinski definition) is 6. The molecule has 1 atom stereocenters. The van der Waals surface area contributed by atoms with Gasteiger partial charge in [-0.2, -0.15) is 9.61 Å². The van der Waals surface area contributed by atoms with Gasteiger partial charge in [-0.3, -0.25) is 14.4 Å². The van der Waals surface area contributed by atoms with Gasteiger partial charge in [0, 0.05) is 19.1 Å². The van der Waals surface area contributed by atoms with Crippen LogP contribution in [0.4, 0.5) is 10.2 Å². The number of nitrogens with one attached hydrogen (secondary N) is 1. The third-order valence-corrected chi connectivity index (χ3v) is 6.54. The molecule has 1 saturated carbocycles. The zero-order chi connectivity index (χ0) is 24.0. The Morgan fingerprint density at radius 2 is 2.12 bits per heavy atom. The van der Waals surface area contributed by atoms with Crippen LogP contribution in [0.25, 0.3) is 5.65 Å². The average Bonchev–Trinajstić information content (AvgIpc) is 3.34. The van der Waals surface area contributed by atoms with Crippen molar-refractivity contribution in [3.63, 3.8) is 0 Å². The molecule has 1 aliphatic carbocycles. The Hall–Kier alpha value is -3.60. The maximum Gasteiger partial charge on any atom is 0.280 e. The van der Waals surface area contributed by atoms with E-state index < -0.39 is 11.7 Å². The number of nitrogens with zero attached hydrogens (tertiary/aromatic N) is 5. The monoisotopic (exact) mass is 468 g/mol. The number of carbonyl (C=O) groups is 2. The molecule has 0 aromatic carbocycles. The third-order valence-electron chi connectivity index (χ3n) is 6.54. The van der Waals surface area contributed by atoms with E-state index in [0.29, 0.717) is 17.8 Å². The van der Waals surface area contributed by atoms with Crippen molar-refractivity contribution in [3.8, 4) is 0 Å². The number of anilines is 1. The molecule has 3 aromatic heterocycles. The molecule has 0 spiro atoms. The molecule has 178 valence electrons. The van der Waals surface area contributed by atoms with Gasteiger partial charge in [-0.05, 0) is 31.9 Å². The summed E-state index contributed by atoms with van der Waals surface area (Å²) >= 11 is 0. The van der Waals surface area contributed by atoms with E-state index in [-0.39, 0.29) is 48.0 Å². The molecule has 34 heavy (non-hydrogen) atoms. The highest BCUT2D eigenvalue weighted by molar-refractivity contribution is 5.98. The van der Waals surface area contributed by atoms with Crippen LogP contribution >= 0.6 is 0 Å². The van der Waals surface area contributed by atoms with E-state index in [4.69, 9.17) is 4.74 Å². The standard InChI is InChI=1S/C23H25FN6O4/c1-13(12-34-2)28-10-16-21(23(28)33)29(11-19(31)26-18-7-6-15(24)9-25-18)20-8-17(14-4-3-5-14)27-30(20)22(16)32/h6-9,13-14H,3-5,10-12H2,1-2H3,(H,25,26,31)/t13-/m0/s1. The van der Waals surface area contributed by atoms with Crippen molar-refractivity contribution in [1.82, 2.24) is 24.1 Å². The Labute approximate surface area is 194 Å². The highest BCUT2D eigenvalue weighted by atomic mass is 19.1. The number of pyridine rings is 1. The van der Waals surface area contributed by atoms with E-state index in [2.05, 4.69) is 15.4 Å². The van der Waals surface area contributed by atoms with Crippen LogP contribution in [0.3, 0.4) is 0 Å². The smallest absolute Gasteiger partial charge is 0.280 e. The van der Waals surface area contributed by atoms with Crippen LogP contribution in [0.1, 0.15) is 53.8 Å². The number of ether oxygens (including phenoxy) is 1. The molecule has 0 bridgehead atoms. The fraction of sp³-hybridized carbons (Fsp3) is 0.435. The summed E-state index contributed by atoms with van der Waals surface area (Å²) in [7, 11) is 1.55. The molecule has 11 heteroatoms. The van der Waals surface area contributed by atoms with Gasteiger partial charge in [0.05, 0.1) is 36.6 Å². The predicted molar refractivity (Wildman–Crippen MR) is 120 cm³/mol. The van der Waals surface area contributed by atoms with Crippen molar-refractivity contribution >= 4 is 23.3 Å². The summed E-state index contributed by atoms with van der Waals surface area (Å²) < 4.78 is 21.2. The SMILES string of the molecule is COC[C@H](C)N1Cc2c(n(CC(=O)Nc3ccc(F)cn3)c3cc(C4CCC4)nn3c2=O)C1=O. The molecule has 2 aliphatic rings. The largest absolute Gasteiger partial charge is 0.383 e. The Morgan fingerprint density at radius 1 is 1.32 bits per heavy atom. The van der Waals surface area contributed by atoms with E-state index >= 15 is 0 Å². The zero-order valence-corrected chi connectivity index (χ0v) is 19.0. The van der Waals surface area contributed by atoms with Gasteiger partial charge < -0.3 is 19.5 Å². The molecule has 10 nitrogen and oxygen atoms in total. The Bertz CT molecular complexity index is 1330. The molecule has 5 rings (SSSR count). The number of rotatable bonds is 7. The number of carbonyl (C=O) groups excluding carboxylic acids is 2. The van der Waals surface area contributed by atoms with E-state index in [1.165, 1.54) is 16.6 Å². The van der Waals surface area contributed by atoms with Gasteiger partial charge >= 0.3 is 0 Å². The molecule has 2 amide bonds. The Kier molecular flexibility index (Phi) is 5.64. The molecule has 0 radical (unpaired) electrons. The van der Waals surface area contributed by atoms with E-state index in [1.54, 1.807) is 22.6 Å². The van der Waals surface area contributed by atoms with Crippen molar-refractivity contribution in [2.45, 2.75) is 51.2 Å². The van der Waals surface area contributed by atoms with E-state index in [0.717, 1.165) is 31.2 Å². The molecule has 3 aromatic rings. The van der Waals surface area contributed by atoms with Gasteiger partial charge in [-0.1, -0.05) is 6.42 Å². The number of amides is 2. The maximum atomic E-state index is 13.4. The minimum absolute atomic E-state index is 0.118. The lowest BCUT2D eigenvalue weighted by Crippen LogP contribution is -2.37. The summed E-state index contributed by atoms with van der Waals surface area (Å²) in [5.74, 6) is -0.858. The normalized spacial score (nSPS) is 16.6. The zero-order valence-electron chi connectivity index (χ0n) is 19.0. The number of aromatic nitrogens is 4. The topological polar surface area (TPSA) is 111 Å². The fourth-order valence-electron chi connectivity index (χ4n) is 4.53. The van der Waals surface area contributed by atoms with Crippen molar-refractivity contribution in [2.24, 2.45) is 0 Å². The van der Waals surface area contributed by atoms with Gasteiger partial charge in [0.1, 0.15) is 29.5 Å². The van der Waals surface area contributed by atoms with E-state index in [1.807, 2.05) is 6.92 Å². The fourth-order valence-corrected chi connectivity index (χ4v) is 4.53. The van der Waals surface area contributed by atoms with Crippen LogP contribution in [0, 0.1) is 5.82 Å². The molecule has 0 unspecified atom stereocenters. The summed E-state index contributed by atoms with van der Waals surface area (Å²) in [4.78, 5) is 45.1. The first kappa shape index (κ1) is 22.2. The molecule has 1 N–H and O–H groups in total. The first-order valence-electron chi connectivity index (χ1n) is 11.2. The second kappa shape index (κ2) is 8.64. The maximum absolute atomic E-state index is 13.4. The van der Waals surface area contributed by atoms with Crippen LogP contribution in [-0.2, 0) is 22.6 Å². The van der Waals surface area contributed by atoms with Gasteiger partial charge in [-0.15, -0.1) is 0 Å². The van der Waals surface area contributed by atoms with Crippen LogP contribution in [0.2, 0.25) is 0 Å². The summed E-state index contributed by atoms with van der Waals surface area (Å²) in [5, 5.41) is 7.17. The van der Waals surface area contributed by atoms with Gasteiger partial charge in [0.2, 0.25) is 5.91 Å². The molecule has 4 heterocycles. The minimum Gasteiger partial charge on any atom is -0.383 e. The van der Waals surface area contributed by atoms with Crippen LogP contribution in [0.15, 0.2) is 29.2 Å². The lowest BCUT2D eigenvalue weighted by Gasteiger charge is -2.23. The molecular formula is C23H25FN6O4. The summed E-state index contributed by atoms with van der Waals surface area (Å²) in [6.45, 7) is 2.04. The lowest BCUT2D eigenvalue weighted by molar-refractivity contribution is -0.116. The summed E-state index contributed by atoms with van der Waals surface area (Å²) in [6.07, 6.45) is 4.11. The highest BCUT2D eigenvalue weighted by Gasteiger charge is 2.37. The van der Waals surface area contributed by atoms with Crippen molar-refractivity contribution in [2.75, 3.05) is 19.0 Å². The predicted octanol–water partition coefficient (Wildman–Crippen LogP) is 1.93. The second-order valence-electron chi connectivity index (χ2n) is 8.83. The lowest BCUT2D eigenvalue weighted by atomic mass is 9.83. The van der Waals surface area contributed by atoms with Gasteiger partial charge in [0.25, 0.3) is 11.5 Å². The first-order valence-corrected chi connectivity index (χ1v) is 11.2. The summed E-state index contributed by atoms with van der Waals surface area (Å²) in [6, 6.07) is 4.08. The third kappa shape index (κ3) is 3.75. The second-order valence-corrected chi connectivity index (χ2v) is 8.83. The quantitative estimate of drug-likeness (QED) is 0.567. The number of methoxy groups -OCH3 is 1. The molecular weight excluding hydrogens is 443 g/mol. The van der Waals surface area contributed by atoms with Gasteiger partial charge in [0.15, 0.2) is 0 Å². The van der Waals surface area contributed by atoms with Crippen LogP contribution < -0.4 is 10.9 Å². The van der Waals surface area contributed by atoms with Crippen molar-refractivity contribution < 1.29 is 18.7 Å². The minimum atomic E-state index is -0.517. The Morgan fingerprint density at radius 3 is 2.76 bits per heavy atom. The number of hydrogen-bond donors (Lipinski definition) is 1. The Balaban J connectivity index is 1.57. The number of fused-ring (bicyclic) bond motifs is 2. The molecule has 1 fully saturated rings. The molecule has 0 saturated heterocycles.